The molecule has 62 valence electrons. The molecule has 0 radical (unpaired) electrons. The van der Waals surface area contributed by atoms with Crippen LogP contribution in [-0.2, 0) is 0 Å². The Hall–Kier alpha value is -1.97. The van der Waals surface area contributed by atoms with Crippen LogP contribution in [0.3, 0.4) is 0 Å². The lowest BCUT2D eigenvalue weighted by Crippen LogP contribution is -1.79. The van der Waals surface area contributed by atoms with Crippen molar-refractivity contribution in [3.05, 3.63) is 30.8 Å². The molecule has 0 saturated heterocycles. The minimum Gasteiger partial charge on any atom is -0.461 e. The van der Waals surface area contributed by atoms with Crippen molar-refractivity contribution in [2.24, 2.45) is 0 Å². The van der Waals surface area contributed by atoms with Gasteiger partial charge < -0.3 is 4.42 Å². The molecule has 4 nitrogen and oxygen atoms in total. The van der Waals surface area contributed by atoms with E-state index in [-0.39, 0.29) is 0 Å². The highest BCUT2D eigenvalue weighted by Gasteiger charge is 2.04. The third-order valence-corrected chi connectivity index (χ3v) is 1.96. The largest absolute Gasteiger partial charge is 0.461 e. The molecule has 0 aliphatic heterocycles. The van der Waals surface area contributed by atoms with E-state index in [4.69, 9.17) is 4.42 Å². The first-order valence-corrected chi connectivity index (χ1v) is 3.89. The third kappa shape index (κ3) is 0.823. The van der Waals surface area contributed by atoms with Gasteiger partial charge in [0.1, 0.15) is 17.3 Å². The van der Waals surface area contributed by atoms with Gasteiger partial charge >= 0.3 is 0 Å². The molecule has 13 heavy (non-hydrogen) atoms. The monoisotopic (exact) mass is 171 g/mol. The normalized spacial score (nSPS) is 11.1. The molecule has 3 rings (SSSR count). The molecule has 0 spiro atoms. The van der Waals surface area contributed by atoms with Crippen molar-refractivity contribution in [3.8, 4) is 0 Å². The van der Waals surface area contributed by atoms with E-state index >= 15 is 0 Å². The van der Waals surface area contributed by atoms with Crippen LogP contribution in [-0.4, -0.2) is 15.2 Å². The van der Waals surface area contributed by atoms with E-state index in [0.29, 0.717) is 0 Å². The summed E-state index contributed by atoms with van der Waals surface area (Å²) in [6, 6.07) is 3.79. The molecule has 0 saturated carbocycles. The quantitative estimate of drug-likeness (QED) is 0.517. The molecule has 0 fully saturated rings. The number of fused-ring (bicyclic) bond motifs is 3. The zero-order valence-electron chi connectivity index (χ0n) is 6.64. The topological polar surface area (TPSA) is 51.8 Å². The van der Waals surface area contributed by atoms with Gasteiger partial charge in [0.05, 0.1) is 12.4 Å². The number of hydrogen-bond acceptors (Lipinski definition) is 4. The van der Waals surface area contributed by atoms with Crippen molar-refractivity contribution in [3.63, 3.8) is 0 Å². The lowest BCUT2D eigenvalue weighted by atomic mass is 10.2. The van der Waals surface area contributed by atoms with Gasteiger partial charge in [0.15, 0.2) is 5.58 Å². The average Bonchev–Trinajstić information content (AvgIpc) is 2.65. The molecule has 4 heteroatoms. The molecule has 0 atom stereocenters. The maximum Gasteiger partial charge on any atom is 0.154 e. The molecule has 0 aliphatic carbocycles. The Bertz CT molecular complexity index is 573. The van der Waals surface area contributed by atoms with E-state index in [0.717, 1.165) is 22.0 Å². The number of rotatable bonds is 0. The van der Waals surface area contributed by atoms with Gasteiger partial charge in [-0.15, -0.1) is 5.10 Å². The molecule has 0 N–H and O–H groups in total. The molecule has 0 aliphatic rings. The van der Waals surface area contributed by atoms with E-state index in [1.54, 1.807) is 18.7 Å². The Kier molecular flexibility index (Phi) is 1.14. The fourth-order valence-electron chi connectivity index (χ4n) is 1.36. The van der Waals surface area contributed by atoms with Gasteiger partial charge in [0.25, 0.3) is 0 Å². The van der Waals surface area contributed by atoms with Crippen LogP contribution in [0, 0.1) is 0 Å². The summed E-state index contributed by atoms with van der Waals surface area (Å²) in [6.45, 7) is 0. The predicted molar refractivity (Wildman–Crippen MR) is 47.1 cm³/mol. The molecule has 0 amide bonds. The van der Waals surface area contributed by atoms with E-state index in [1.165, 1.54) is 0 Å². The van der Waals surface area contributed by atoms with Crippen LogP contribution >= 0.6 is 0 Å². The summed E-state index contributed by atoms with van der Waals surface area (Å²) in [4.78, 5) is 4.19. The second kappa shape index (κ2) is 2.26. The molecular weight excluding hydrogens is 166 g/mol. The van der Waals surface area contributed by atoms with Gasteiger partial charge in [-0.25, -0.2) is 4.98 Å². The Morgan fingerprint density at radius 3 is 3.15 bits per heavy atom. The van der Waals surface area contributed by atoms with Crippen LogP contribution in [0.1, 0.15) is 0 Å². The molecular formula is C9H5N3O. The van der Waals surface area contributed by atoms with Gasteiger partial charge in [0, 0.05) is 5.39 Å². The van der Waals surface area contributed by atoms with E-state index in [1.807, 2.05) is 12.1 Å². The number of benzene rings is 1. The fourth-order valence-corrected chi connectivity index (χ4v) is 1.36. The minimum atomic E-state index is 0.732. The first-order valence-electron chi connectivity index (χ1n) is 3.89. The molecule has 2 aromatic heterocycles. The molecule has 3 aromatic rings. The summed E-state index contributed by atoms with van der Waals surface area (Å²) in [5, 5.41) is 8.78. The summed E-state index contributed by atoms with van der Waals surface area (Å²) in [6.07, 6.45) is 4.87. The average molecular weight is 171 g/mol. The highest BCUT2D eigenvalue weighted by molar-refractivity contribution is 5.99. The van der Waals surface area contributed by atoms with Gasteiger partial charge in [0.2, 0.25) is 0 Å². The Morgan fingerprint density at radius 1 is 1.15 bits per heavy atom. The van der Waals surface area contributed by atoms with Crippen LogP contribution in [0.5, 0.6) is 0 Å². The summed E-state index contributed by atoms with van der Waals surface area (Å²) in [5.74, 6) is 0. The Morgan fingerprint density at radius 2 is 2.15 bits per heavy atom. The number of hydrogen-bond donors (Lipinski definition) is 0. The number of aromatic nitrogens is 3. The smallest absolute Gasteiger partial charge is 0.154 e. The summed E-state index contributed by atoms with van der Waals surface area (Å²) < 4.78 is 5.26. The SMILES string of the molecule is c1coc2ccc3cnnc3c2n1. The van der Waals surface area contributed by atoms with Crippen molar-refractivity contribution in [1.29, 1.82) is 0 Å². The molecule has 2 heterocycles. The lowest BCUT2D eigenvalue weighted by Gasteiger charge is -1.94. The van der Waals surface area contributed by atoms with E-state index in [9.17, 15) is 0 Å². The van der Waals surface area contributed by atoms with Gasteiger partial charge in [-0.1, -0.05) is 0 Å². The Balaban J connectivity index is 2.65. The summed E-state index contributed by atoms with van der Waals surface area (Å²) in [7, 11) is 0. The molecule has 1 aromatic carbocycles. The zero-order valence-corrected chi connectivity index (χ0v) is 6.64. The van der Waals surface area contributed by atoms with Crippen LogP contribution < -0.4 is 0 Å². The second-order valence-electron chi connectivity index (χ2n) is 2.73. The molecule has 0 bridgehead atoms. The summed E-state index contributed by atoms with van der Waals surface area (Å²) in [5.41, 5.74) is 2.29. The highest BCUT2D eigenvalue weighted by atomic mass is 16.3. The van der Waals surface area contributed by atoms with Crippen LogP contribution in [0.15, 0.2) is 35.2 Å². The highest BCUT2D eigenvalue weighted by Crippen LogP contribution is 2.20. The van der Waals surface area contributed by atoms with Gasteiger partial charge in [-0.3, -0.25) is 0 Å². The maximum absolute atomic E-state index is 5.26. The van der Waals surface area contributed by atoms with Crippen molar-refractivity contribution in [1.82, 2.24) is 15.2 Å². The summed E-state index contributed by atoms with van der Waals surface area (Å²) >= 11 is 0. The van der Waals surface area contributed by atoms with Gasteiger partial charge in [-0.05, 0) is 12.1 Å². The van der Waals surface area contributed by atoms with Crippen LogP contribution in [0.2, 0.25) is 0 Å². The molecule has 0 unspecified atom stereocenters. The standard InChI is InChI=1S/C9H5N3O/c1-2-7-9(10-3-4-13-7)8-6(1)5-11-12-8/h1-5H. The van der Waals surface area contributed by atoms with Crippen molar-refractivity contribution < 1.29 is 4.42 Å². The zero-order chi connectivity index (χ0) is 8.67. The Labute approximate surface area is 73.2 Å². The van der Waals surface area contributed by atoms with Crippen molar-refractivity contribution >= 4 is 22.0 Å². The predicted octanol–water partition coefficient (Wildman–Crippen LogP) is 1.77. The first kappa shape index (κ1) is 6.54. The maximum atomic E-state index is 5.26. The van der Waals surface area contributed by atoms with Crippen molar-refractivity contribution in [2.75, 3.05) is 0 Å². The number of nitrogens with zero attached hydrogens (tertiary/aromatic N) is 3. The van der Waals surface area contributed by atoms with Crippen LogP contribution in [0.4, 0.5) is 0 Å². The lowest BCUT2D eigenvalue weighted by molar-refractivity contribution is 0.598. The minimum absolute atomic E-state index is 0.732. The second-order valence-corrected chi connectivity index (χ2v) is 2.73. The van der Waals surface area contributed by atoms with E-state index in [2.05, 4.69) is 15.2 Å². The van der Waals surface area contributed by atoms with E-state index < -0.39 is 0 Å². The third-order valence-electron chi connectivity index (χ3n) is 1.96. The van der Waals surface area contributed by atoms with Gasteiger partial charge in [-0.2, -0.15) is 5.10 Å². The first-order chi connectivity index (χ1) is 6.45. The van der Waals surface area contributed by atoms with Crippen LogP contribution in [0.25, 0.3) is 22.0 Å². The van der Waals surface area contributed by atoms with Crippen molar-refractivity contribution in [2.45, 2.75) is 0 Å². The fraction of sp³-hybridized carbons (Fsp3) is 0.